The van der Waals surface area contributed by atoms with Crippen LogP contribution in [-0.2, 0) is 10.2 Å². The molecule has 1 aromatic rings. The molecule has 0 unspecified atom stereocenters. The van der Waals surface area contributed by atoms with Gasteiger partial charge in [-0.05, 0) is 56.5 Å². The lowest BCUT2D eigenvalue weighted by atomic mass is 9.78. The van der Waals surface area contributed by atoms with Crippen molar-refractivity contribution in [3.8, 4) is 11.5 Å². The van der Waals surface area contributed by atoms with Gasteiger partial charge < -0.3 is 20.1 Å². The lowest BCUT2D eigenvalue weighted by molar-refractivity contribution is -0.126. The van der Waals surface area contributed by atoms with Gasteiger partial charge in [0.05, 0.1) is 0 Å². The molecule has 2 fully saturated rings. The second-order valence-corrected chi connectivity index (χ2v) is 7.59. The minimum Gasteiger partial charge on any atom is -0.486 e. The van der Waals surface area contributed by atoms with E-state index in [0.717, 1.165) is 56.8 Å². The van der Waals surface area contributed by atoms with Crippen LogP contribution in [0.4, 0.5) is 0 Å². The first-order valence-corrected chi connectivity index (χ1v) is 9.65. The van der Waals surface area contributed by atoms with Gasteiger partial charge in [0.25, 0.3) is 0 Å². The Kier molecular flexibility index (Phi) is 4.84. The number of rotatable bonds is 4. The van der Waals surface area contributed by atoms with Crippen molar-refractivity contribution >= 4 is 5.91 Å². The van der Waals surface area contributed by atoms with Crippen LogP contribution in [0, 0.1) is 5.92 Å². The zero-order chi connectivity index (χ0) is 17.1. The fourth-order valence-electron chi connectivity index (χ4n) is 4.48. The highest BCUT2D eigenvalue weighted by Crippen LogP contribution is 2.43. The van der Waals surface area contributed by atoms with E-state index in [2.05, 4.69) is 22.8 Å². The van der Waals surface area contributed by atoms with E-state index in [1.165, 1.54) is 18.4 Å². The Morgan fingerprint density at radius 2 is 1.84 bits per heavy atom. The second kappa shape index (κ2) is 7.24. The molecule has 0 aromatic heterocycles. The molecule has 0 spiro atoms. The zero-order valence-corrected chi connectivity index (χ0v) is 14.8. The molecular formula is C20H28N2O3. The van der Waals surface area contributed by atoms with Crippen LogP contribution in [0.25, 0.3) is 0 Å². The van der Waals surface area contributed by atoms with Crippen molar-refractivity contribution in [2.75, 3.05) is 32.8 Å². The first kappa shape index (κ1) is 16.7. The highest BCUT2D eigenvalue weighted by Gasteiger charge is 2.37. The molecule has 3 aliphatic rings. The van der Waals surface area contributed by atoms with E-state index >= 15 is 0 Å². The molecule has 0 atom stereocenters. The molecule has 1 aliphatic carbocycles. The van der Waals surface area contributed by atoms with Crippen LogP contribution in [0.2, 0.25) is 0 Å². The number of hydrogen-bond donors (Lipinski definition) is 2. The first-order chi connectivity index (χ1) is 12.3. The van der Waals surface area contributed by atoms with Crippen LogP contribution < -0.4 is 20.1 Å². The predicted octanol–water partition coefficient (Wildman–Crippen LogP) is 2.39. The standard InChI is InChI=1S/C20H28N2O3/c23-19(15-5-9-21-10-6-15)22-14-20(7-1-2-8-20)16-3-4-17-18(13-16)25-12-11-24-17/h3-4,13,15,21H,1-2,5-12,14H2,(H,22,23). The van der Waals surface area contributed by atoms with Gasteiger partial charge in [-0.25, -0.2) is 0 Å². The summed E-state index contributed by atoms with van der Waals surface area (Å²) in [6, 6.07) is 6.32. The van der Waals surface area contributed by atoms with E-state index in [0.29, 0.717) is 13.2 Å². The van der Waals surface area contributed by atoms with Gasteiger partial charge in [-0.2, -0.15) is 0 Å². The third kappa shape index (κ3) is 3.47. The van der Waals surface area contributed by atoms with Crippen molar-refractivity contribution in [1.82, 2.24) is 10.6 Å². The average Bonchev–Trinajstić information content (AvgIpc) is 3.16. The summed E-state index contributed by atoms with van der Waals surface area (Å²) in [6.07, 6.45) is 6.58. The minimum absolute atomic E-state index is 0.0401. The van der Waals surface area contributed by atoms with E-state index < -0.39 is 0 Å². The van der Waals surface area contributed by atoms with Crippen LogP contribution in [0.3, 0.4) is 0 Å². The number of nitrogens with one attached hydrogen (secondary N) is 2. The quantitative estimate of drug-likeness (QED) is 0.880. The molecular weight excluding hydrogens is 316 g/mol. The molecule has 25 heavy (non-hydrogen) atoms. The molecule has 1 saturated heterocycles. The fourth-order valence-corrected chi connectivity index (χ4v) is 4.48. The summed E-state index contributed by atoms with van der Waals surface area (Å²) in [4.78, 5) is 12.6. The predicted molar refractivity (Wildman–Crippen MR) is 96.2 cm³/mol. The lowest BCUT2D eigenvalue weighted by Gasteiger charge is -2.32. The summed E-state index contributed by atoms with van der Waals surface area (Å²) in [7, 11) is 0. The summed E-state index contributed by atoms with van der Waals surface area (Å²) >= 11 is 0. The summed E-state index contributed by atoms with van der Waals surface area (Å²) in [6.45, 7) is 3.85. The maximum atomic E-state index is 12.6. The third-order valence-electron chi connectivity index (χ3n) is 6.03. The number of hydrogen-bond acceptors (Lipinski definition) is 4. The molecule has 5 nitrogen and oxygen atoms in total. The van der Waals surface area contributed by atoms with Gasteiger partial charge in [-0.3, -0.25) is 4.79 Å². The Balaban J connectivity index is 1.48. The fraction of sp³-hybridized carbons (Fsp3) is 0.650. The Morgan fingerprint density at radius 3 is 2.60 bits per heavy atom. The average molecular weight is 344 g/mol. The summed E-state index contributed by atoms with van der Waals surface area (Å²) in [5, 5.41) is 6.60. The summed E-state index contributed by atoms with van der Waals surface area (Å²) in [5.74, 6) is 2.08. The number of amides is 1. The van der Waals surface area contributed by atoms with Crippen molar-refractivity contribution in [2.24, 2.45) is 5.92 Å². The van der Waals surface area contributed by atoms with Gasteiger partial charge >= 0.3 is 0 Å². The molecule has 4 rings (SSSR count). The van der Waals surface area contributed by atoms with E-state index in [9.17, 15) is 4.79 Å². The van der Waals surface area contributed by atoms with Gasteiger partial charge in [-0.1, -0.05) is 18.9 Å². The van der Waals surface area contributed by atoms with E-state index in [1.54, 1.807) is 0 Å². The van der Waals surface area contributed by atoms with Crippen LogP contribution in [0.15, 0.2) is 18.2 Å². The van der Waals surface area contributed by atoms with Gasteiger partial charge in [0, 0.05) is 17.9 Å². The zero-order valence-electron chi connectivity index (χ0n) is 14.8. The van der Waals surface area contributed by atoms with Crippen molar-refractivity contribution in [3.05, 3.63) is 23.8 Å². The highest BCUT2D eigenvalue weighted by atomic mass is 16.6. The largest absolute Gasteiger partial charge is 0.486 e. The van der Waals surface area contributed by atoms with E-state index in [4.69, 9.17) is 9.47 Å². The molecule has 136 valence electrons. The Bertz CT molecular complexity index is 619. The number of fused-ring (bicyclic) bond motifs is 1. The molecule has 1 aromatic carbocycles. The maximum Gasteiger partial charge on any atom is 0.223 e. The second-order valence-electron chi connectivity index (χ2n) is 7.59. The van der Waals surface area contributed by atoms with Crippen LogP contribution in [-0.4, -0.2) is 38.8 Å². The molecule has 0 bridgehead atoms. The maximum absolute atomic E-state index is 12.6. The number of carbonyl (C=O) groups excluding carboxylic acids is 1. The summed E-state index contributed by atoms with van der Waals surface area (Å²) in [5.41, 5.74) is 1.32. The topological polar surface area (TPSA) is 59.6 Å². The Labute approximate surface area is 149 Å². The van der Waals surface area contributed by atoms with Crippen molar-refractivity contribution in [2.45, 2.75) is 43.9 Å². The van der Waals surface area contributed by atoms with Crippen molar-refractivity contribution < 1.29 is 14.3 Å². The molecule has 1 saturated carbocycles. The van der Waals surface area contributed by atoms with Crippen LogP contribution >= 0.6 is 0 Å². The van der Waals surface area contributed by atoms with Gasteiger partial charge in [-0.15, -0.1) is 0 Å². The van der Waals surface area contributed by atoms with Crippen molar-refractivity contribution in [1.29, 1.82) is 0 Å². The monoisotopic (exact) mass is 344 g/mol. The minimum atomic E-state index is 0.0401. The SMILES string of the molecule is O=C(NCC1(c2ccc3c(c2)OCCO3)CCCC1)C1CCNCC1. The van der Waals surface area contributed by atoms with Gasteiger partial charge in [0.15, 0.2) is 11.5 Å². The van der Waals surface area contributed by atoms with E-state index in [1.807, 2.05) is 6.07 Å². The molecule has 2 N–H and O–H groups in total. The van der Waals surface area contributed by atoms with Crippen LogP contribution in [0.1, 0.15) is 44.1 Å². The number of carbonyl (C=O) groups is 1. The Morgan fingerprint density at radius 1 is 1.12 bits per heavy atom. The first-order valence-electron chi connectivity index (χ1n) is 9.65. The normalized spacial score (nSPS) is 22.6. The van der Waals surface area contributed by atoms with Gasteiger partial charge in [0.2, 0.25) is 5.91 Å². The van der Waals surface area contributed by atoms with Crippen LogP contribution in [0.5, 0.6) is 11.5 Å². The van der Waals surface area contributed by atoms with Crippen molar-refractivity contribution in [3.63, 3.8) is 0 Å². The molecule has 1 amide bonds. The molecule has 2 aliphatic heterocycles. The third-order valence-corrected chi connectivity index (χ3v) is 6.03. The Hall–Kier alpha value is -1.75. The number of piperidine rings is 1. The summed E-state index contributed by atoms with van der Waals surface area (Å²) < 4.78 is 11.4. The highest BCUT2D eigenvalue weighted by molar-refractivity contribution is 5.78. The lowest BCUT2D eigenvalue weighted by Crippen LogP contribution is -2.44. The smallest absolute Gasteiger partial charge is 0.223 e. The van der Waals surface area contributed by atoms with E-state index in [-0.39, 0.29) is 17.2 Å². The molecule has 0 radical (unpaired) electrons. The molecule has 2 heterocycles. The van der Waals surface area contributed by atoms with Gasteiger partial charge in [0.1, 0.15) is 13.2 Å². The number of benzene rings is 1. The number of ether oxygens (including phenoxy) is 2. The molecule has 5 heteroatoms.